The molecule has 1 N–H and O–H groups in total. The lowest BCUT2D eigenvalue weighted by Crippen LogP contribution is -2.31. The van der Waals surface area contributed by atoms with Crippen LogP contribution in [0.5, 0.6) is 11.5 Å². The van der Waals surface area contributed by atoms with Crippen LogP contribution >= 0.6 is 0 Å². The number of fused-ring (bicyclic) bond motifs is 3. The normalized spacial score (nSPS) is 11.7. The van der Waals surface area contributed by atoms with Crippen molar-refractivity contribution in [1.29, 1.82) is 0 Å². The first-order chi connectivity index (χ1) is 18.0. The molecule has 0 radical (unpaired) electrons. The highest BCUT2D eigenvalue weighted by Gasteiger charge is 2.21. The molecule has 0 aliphatic heterocycles. The molecule has 7 heteroatoms. The summed E-state index contributed by atoms with van der Waals surface area (Å²) in [6.45, 7) is 1.17. The summed E-state index contributed by atoms with van der Waals surface area (Å²) in [6, 6.07) is 28.5. The van der Waals surface area contributed by atoms with Crippen LogP contribution < -0.4 is 14.8 Å². The zero-order valence-electron chi connectivity index (χ0n) is 20.4. The van der Waals surface area contributed by atoms with Gasteiger partial charge in [-0.2, -0.15) is 0 Å². The Labute approximate surface area is 213 Å². The number of hydrogen-bond donors (Lipinski definition) is 1. The summed E-state index contributed by atoms with van der Waals surface area (Å²) in [4.78, 5) is 25.1. The number of methoxy groups -OCH3 is 1. The summed E-state index contributed by atoms with van der Waals surface area (Å²) in [5.41, 5.74) is 3.88. The van der Waals surface area contributed by atoms with Crippen molar-refractivity contribution < 1.29 is 28.2 Å². The van der Waals surface area contributed by atoms with E-state index < -0.39 is 18.0 Å². The van der Waals surface area contributed by atoms with Crippen LogP contribution in [-0.2, 0) is 14.3 Å². The number of rotatable bonds is 8. The van der Waals surface area contributed by atoms with Crippen LogP contribution in [0.2, 0.25) is 0 Å². The largest absolute Gasteiger partial charge is 0.495 e. The Hall–Kier alpha value is -4.78. The van der Waals surface area contributed by atoms with Crippen LogP contribution in [0.15, 0.2) is 95.4 Å². The van der Waals surface area contributed by atoms with Crippen molar-refractivity contribution in [1.82, 2.24) is 0 Å². The first-order valence-electron chi connectivity index (χ1n) is 11.8. The first kappa shape index (κ1) is 23.9. The Morgan fingerprint density at radius 1 is 0.838 bits per heavy atom. The van der Waals surface area contributed by atoms with E-state index in [0.717, 1.165) is 27.5 Å². The van der Waals surface area contributed by atoms with Crippen LogP contribution in [0.25, 0.3) is 33.1 Å². The minimum Gasteiger partial charge on any atom is -0.495 e. The van der Waals surface area contributed by atoms with Crippen molar-refractivity contribution in [3.05, 3.63) is 91.0 Å². The lowest BCUT2D eigenvalue weighted by molar-refractivity contribution is -0.155. The third kappa shape index (κ3) is 5.26. The monoisotopic (exact) mass is 495 g/mol. The predicted molar refractivity (Wildman–Crippen MR) is 142 cm³/mol. The van der Waals surface area contributed by atoms with Gasteiger partial charge in [0.05, 0.1) is 12.8 Å². The Bertz CT molecular complexity index is 1560. The molecule has 1 aromatic heterocycles. The van der Waals surface area contributed by atoms with Crippen molar-refractivity contribution in [3.8, 4) is 22.6 Å². The van der Waals surface area contributed by atoms with E-state index in [1.165, 1.54) is 14.0 Å². The molecule has 4 aromatic carbocycles. The zero-order valence-corrected chi connectivity index (χ0v) is 20.4. The minimum atomic E-state index is -1.05. The molecule has 1 heterocycles. The molecule has 0 saturated heterocycles. The van der Waals surface area contributed by atoms with E-state index in [4.69, 9.17) is 18.6 Å². The topological polar surface area (TPSA) is 87.0 Å². The van der Waals surface area contributed by atoms with Crippen LogP contribution in [-0.4, -0.2) is 31.7 Å². The van der Waals surface area contributed by atoms with E-state index in [2.05, 4.69) is 5.32 Å². The molecule has 0 aliphatic carbocycles. The Morgan fingerprint density at radius 2 is 1.54 bits per heavy atom. The number of esters is 1. The maximum atomic E-state index is 12.8. The van der Waals surface area contributed by atoms with Crippen molar-refractivity contribution in [2.24, 2.45) is 0 Å². The van der Waals surface area contributed by atoms with Gasteiger partial charge in [-0.25, -0.2) is 4.79 Å². The van der Waals surface area contributed by atoms with Crippen molar-refractivity contribution >= 4 is 39.5 Å². The summed E-state index contributed by atoms with van der Waals surface area (Å²) < 4.78 is 22.2. The summed E-state index contributed by atoms with van der Waals surface area (Å²) in [5.74, 6) is -0.172. The number of nitrogens with one attached hydrogen (secondary N) is 1. The zero-order chi connectivity index (χ0) is 25.8. The van der Waals surface area contributed by atoms with Crippen LogP contribution in [0.4, 0.5) is 5.69 Å². The standard InChI is InChI=1S/C30H25NO6/c1-19(36-29(32)18-35-22-14-12-21(13-15-22)20-8-4-3-5-9-20)30(33)31-25-17-27-24(16-28(25)34-2)23-10-6-7-11-26(23)37-27/h3-17,19H,18H2,1-2H3,(H,31,33). The summed E-state index contributed by atoms with van der Waals surface area (Å²) in [6.07, 6.45) is -1.05. The van der Waals surface area contributed by atoms with E-state index in [1.54, 1.807) is 18.2 Å². The number of carbonyl (C=O) groups is 2. The van der Waals surface area contributed by atoms with E-state index in [9.17, 15) is 9.59 Å². The van der Waals surface area contributed by atoms with E-state index in [1.807, 2.05) is 72.8 Å². The number of amides is 1. The van der Waals surface area contributed by atoms with Crippen LogP contribution in [0.3, 0.4) is 0 Å². The van der Waals surface area contributed by atoms with Gasteiger partial charge >= 0.3 is 5.97 Å². The second-order valence-corrected chi connectivity index (χ2v) is 8.45. The number of para-hydroxylation sites is 1. The highest BCUT2D eigenvalue weighted by atomic mass is 16.6. The number of anilines is 1. The predicted octanol–water partition coefficient (Wildman–Crippen LogP) is 6.21. The number of furan rings is 1. The highest BCUT2D eigenvalue weighted by molar-refractivity contribution is 6.08. The minimum absolute atomic E-state index is 0.323. The third-order valence-electron chi connectivity index (χ3n) is 5.95. The Balaban J connectivity index is 1.19. The molecule has 1 unspecified atom stereocenters. The fourth-order valence-corrected chi connectivity index (χ4v) is 4.05. The molecule has 7 nitrogen and oxygen atoms in total. The summed E-state index contributed by atoms with van der Waals surface area (Å²) in [5, 5.41) is 4.58. The molecule has 0 bridgehead atoms. The SMILES string of the molecule is COc1cc2c(cc1NC(=O)C(C)OC(=O)COc1ccc(-c3ccccc3)cc1)oc1ccccc12. The quantitative estimate of drug-likeness (QED) is 0.258. The second-order valence-electron chi connectivity index (χ2n) is 8.45. The van der Waals surface area contributed by atoms with Gasteiger partial charge in [0.2, 0.25) is 0 Å². The lowest BCUT2D eigenvalue weighted by Gasteiger charge is -2.15. The Kier molecular flexibility index (Phi) is 6.76. The third-order valence-corrected chi connectivity index (χ3v) is 5.95. The molecule has 0 saturated carbocycles. The summed E-state index contributed by atoms with van der Waals surface area (Å²) >= 11 is 0. The van der Waals surface area contributed by atoms with Gasteiger partial charge in [0.15, 0.2) is 12.7 Å². The smallest absolute Gasteiger partial charge is 0.344 e. The number of benzene rings is 4. The molecule has 5 rings (SSSR count). The van der Waals surface area contributed by atoms with Gasteiger partial charge in [-0.3, -0.25) is 4.79 Å². The van der Waals surface area contributed by atoms with Crippen molar-refractivity contribution in [2.45, 2.75) is 13.0 Å². The van der Waals surface area contributed by atoms with Crippen molar-refractivity contribution in [2.75, 3.05) is 19.0 Å². The van der Waals surface area contributed by atoms with E-state index >= 15 is 0 Å². The van der Waals surface area contributed by atoms with Gasteiger partial charge in [-0.05, 0) is 42.3 Å². The molecular formula is C30H25NO6. The molecule has 5 aromatic rings. The van der Waals surface area contributed by atoms with Gasteiger partial charge in [-0.1, -0.05) is 60.7 Å². The van der Waals surface area contributed by atoms with Crippen LogP contribution in [0, 0.1) is 0 Å². The fraction of sp³-hybridized carbons (Fsp3) is 0.133. The molecule has 186 valence electrons. The molecule has 0 spiro atoms. The van der Waals surface area contributed by atoms with E-state index in [-0.39, 0.29) is 6.61 Å². The van der Waals surface area contributed by atoms with Crippen LogP contribution in [0.1, 0.15) is 6.92 Å². The average molecular weight is 496 g/mol. The summed E-state index contributed by atoms with van der Waals surface area (Å²) in [7, 11) is 1.52. The number of carbonyl (C=O) groups excluding carboxylic acids is 2. The molecule has 1 amide bonds. The molecule has 37 heavy (non-hydrogen) atoms. The van der Waals surface area contributed by atoms with E-state index in [0.29, 0.717) is 22.8 Å². The first-order valence-corrected chi connectivity index (χ1v) is 11.8. The number of hydrogen-bond acceptors (Lipinski definition) is 6. The maximum Gasteiger partial charge on any atom is 0.344 e. The number of ether oxygens (including phenoxy) is 3. The second kappa shape index (κ2) is 10.5. The molecular weight excluding hydrogens is 470 g/mol. The molecule has 0 aliphatic rings. The van der Waals surface area contributed by atoms with Gasteiger partial charge in [0.1, 0.15) is 22.7 Å². The lowest BCUT2D eigenvalue weighted by atomic mass is 10.1. The van der Waals surface area contributed by atoms with Gasteiger partial charge in [0, 0.05) is 16.8 Å². The average Bonchev–Trinajstić information content (AvgIpc) is 3.29. The molecule has 1 atom stereocenters. The van der Waals surface area contributed by atoms with Crippen molar-refractivity contribution in [3.63, 3.8) is 0 Å². The Morgan fingerprint density at radius 3 is 2.30 bits per heavy atom. The molecule has 0 fully saturated rings. The maximum absolute atomic E-state index is 12.8. The van der Waals surface area contributed by atoms with Gasteiger partial charge in [-0.15, -0.1) is 0 Å². The van der Waals surface area contributed by atoms with Gasteiger partial charge in [0.25, 0.3) is 5.91 Å². The fourth-order valence-electron chi connectivity index (χ4n) is 4.05. The highest BCUT2D eigenvalue weighted by Crippen LogP contribution is 2.36. The van der Waals surface area contributed by atoms with Gasteiger partial charge < -0.3 is 23.9 Å².